The van der Waals surface area contributed by atoms with E-state index in [9.17, 15) is 4.79 Å². The molecule has 0 radical (unpaired) electrons. The van der Waals surface area contributed by atoms with Crippen LogP contribution in [-0.2, 0) is 20.8 Å². The van der Waals surface area contributed by atoms with Crippen LogP contribution < -0.4 is 4.74 Å². The summed E-state index contributed by atoms with van der Waals surface area (Å²) in [4.78, 5) is 16.9. The molecule has 2 rings (SSSR count). The van der Waals surface area contributed by atoms with E-state index in [0.717, 1.165) is 17.7 Å². The van der Waals surface area contributed by atoms with Crippen molar-refractivity contribution in [2.45, 2.75) is 20.3 Å². The highest BCUT2D eigenvalue weighted by Crippen LogP contribution is 2.26. The Morgan fingerprint density at radius 1 is 1.37 bits per heavy atom. The van der Waals surface area contributed by atoms with E-state index < -0.39 is 5.97 Å². The lowest BCUT2D eigenvalue weighted by molar-refractivity contribution is -0.135. The number of carbonyl (C=O) groups is 1. The zero-order valence-electron chi connectivity index (χ0n) is 11.1. The molecule has 0 amide bonds. The first-order valence-corrected chi connectivity index (χ1v) is 6.39. The fourth-order valence-corrected chi connectivity index (χ4v) is 1.85. The second kappa shape index (κ2) is 6.22. The van der Waals surface area contributed by atoms with Gasteiger partial charge < -0.3 is 14.3 Å². The van der Waals surface area contributed by atoms with Crippen molar-refractivity contribution in [3.05, 3.63) is 29.3 Å². The molecule has 0 saturated carbocycles. The maximum atomic E-state index is 11.9. The smallest absolute Gasteiger partial charge is 0.361 e. The minimum Gasteiger partial charge on any atom is -0.493 e. The molecule has 1 aromatic rings. The van der Waals surface area contributed by atoms with E-state index >= 15 is 0 Å². The Labute approximate surface area is 112 Å². The van der Waals surface area contributed by atoms with Gasteiger partial charge in [-0.1, -0.05) is 17.3 Å². The molecule has 0 spiro atoms. The van der Waals surface area contributed by atoms with Crippen molar-refractivity contribution < 1.29 is 19.1 Å². The van der Waals surface area contributed by atoms with Crippen LogP contribution in [0.3, 0.4) is 0 Å². The molecule has 1 heterocycles. The van der Waals surface area contributed by atoms with Crippen molar-refractivity contribution in [3.8, 4) is 5.75 Å². The van der Waals surface area contributed by atoms with Gasteiger partial charge in [-0.05, 0) is 25.5 Å². The van der Waals surface area contributed by atoms with Gasteiger partial charge in [0.15, 0.2) is 5.71 Å². The van der Waals surface area contributed by atoms with E-state index in [1.807, 2.05) is 12.1 Å². The Bertz CT molecular complexity index is 496. The zero-order chi connectivity index (χ0) is 13.7. The number of ether oxygens (including phenoxy) is 2. The van der Waals surface area contributed by atoms with Crippen LogP contribution in [0.25, 0.3) is 0 Å². The quantitative estimate of drug-likeness (QED) is 0.462. The molecule has 5 heteroatoms. The number of nitrogens with zero attached hydrogens (tertiary/aromatic N) is 1. The molecule has 0 aliphatic carbocycles. The van der Waals surface area contributed by atoms with Crippen molar-refractivity contribution in [1.29, 1.82) is 0 Å². The van der Waals surface area contributed by atoms with Gasteiger partial charge in [-0.3, -0.25) is 0 Å². The molecule has 0 aromatic heterocycles. The van der Waals surface area contributed by atoms with Gasteiger partial charge >= 0.3 is 5.97 Å². The average molecular weight is 263 g/mol. The molecule has 1 aromatic carbocycles. The van der Waals surface area contributed by atoms with Crippen molar-refractivity contribution in [1.82, 2.24) is 0 Å². The molecule has 0 unspecified atom stereocenters. The van der Waals surface area contributed by atoms with Crippen molar-refractivity contribution in [2.24, 2.45) is 5.16 Å². The van der Waals surface area contributed by atoms with Crippen LogP contribution in [0, 0.1) is 0 Å². The van der Waals surface area contributed by atoms with Crippen LogP contribution in [0.2, 0.25) is 0 Å². The fraction of sp³-hybridized carbons (Fsp3) is 0.429. The fourth-order valence-electron chi connectivity index (χ4n) is 1.85. The molecule has 0 fully saturated rings. The van der Waals surface area contributed by atoms with Crippen LogP contribution in [0.15, 0.2) is 23.4 Å². The standard InChI is InChI=1S/C14H17NO4/c1-3-17-14(16)13(15-19-4-2)11-6-5-10-7-8-18-12(10)9-11/h5-6,9H,3-4,7-8H2,1-2H3. The summed E-state index contributed by atoms with van der Waals surface area (Å²) in [7, 11) is 0. The van der Waals surface area contributed by atoms with Gasteiger partial charge in [-0.25, -0.2) is 4.79 Å². The predicted octanol–water partition coefficient (Wildman–Crippen LogP) is 1.93. The highest BCUT2D eigenvalue weighted by atomic mass is 16.6. The van der Waals surface area contributed by atoms with Gasteiger partial charge in [-0.2, -0.15) is 0 Å². The molecule has 1 aliphatic rings. The second-order valence-electron chi connectivity index (χ2n) is 4.00. The first-order chi connectivity index (χ1) is 9.26. The average Bonchev–Trinajstić information content (AvgIpc) is 2.87. The van der Waals surface area contributed by atoms with Crippen molar-refractivity contribution in [2.75, 3.05) is 19.8 Å². The van der Waals surface area contributed by atoms with Crippen molar-refractivity contribution in [3.63, 3.8) is 0 Å². The number of esters is 1. The summed E-state index contributed by atoms with van der Waals surface area (Å²) in [5.41, 5.74) is 1.96. The molecule has 0 bridgehead atoms. The third-order valence-electron chi connectivity index (χ3n) is 2.72. The molecular weight excluding hydrogens is 246 g/mol. The van der Waals surface area contributed by atoms with E-state index in [1.54, 1.807) is 19.9 Å². The topological polar surface area (TPSA) is 57.1 Å². The van der Waals surface area contributed by atoms with Gasteiger partial charge in [0.05, 0.1) is 13.2 Å². The number of rotatable bonds is 5. The Kier molecular flexibility index (Phi) is 4.39. The third kappa shape index (κ3) is 3.05. The number of carbonyl (C=O) groups excluding carboxylic acids is 1. The van der Waals surface area contributed by atoms with Crippen LogP contribution in [0.1, 0.15) is 25.0 Å². The van der Waals surface area contributed by atoms with E-state index in [-0.39, 0.29) is 5.71 Å². The lowest BCUT2D eigenvalue weighted by Gasteiger charge is -2.07. The number of fused-ring (bicyclic) bond motifs is 1. The van der Waals surface area contributed by atoms with Gasteiger partial charge in [-0.15, -0.1) is 0 Å². The number of oxime groups is 1. The van der Waals surface area contributed by atoms with E-state index in [2.05, 4.69) is 5.16 Å². The van der Waals surface area contributed by atoms with Gasteiger partial charge in [0.2, 0.25) is 0 Å². The molecule has 1 aliphatic heterocycles. The largest absolute Gasteiger partial charge is 0.493 e. The van der Waals surface area contributed by atoms with Crippen LogP contribution >= 0.6 is 0 Å². The summed E-state index contributed by atoms with van der Waals surface area (Å²) in [6.45, 7) is 4.92. The first kappa shape index (κ1) is 13.4. The molecular formula is C14H17NO4. The van der Waals surface area contributed by atoms with E-state index in [0.29, 0.717) is 25.4 Å². The molecule has 0 saturated heterocycles. The van der Waals surface area contributed by atoms with Crippen LogP contribution in [-0.4, -0.2) is 31.5 Å². The molecule has 19 heavy (non-hydrogen) atoms. The third-order valence-corrected chi connectivity index (χ3v) is 2.72. The van der Waals surface area contributed by atoms with E-state index in [1.165, 1.54) is 0 Å². The Morgan fingerprint density at radius 3 is 2.95 bits per heavy atom. The molecule has 0 atom stereocenters. The second-order valence-corrected chi connectivity index (χ2v) is 4.00. The normalized spacial score (nSPS) is 13.7. The summed E-state index contributed by atoms with van der Waals surface area (Å²) in [6, 6.07) is 5.58. The zero-order valence-corrected chi connectivity index (χ0v) is 11.1. The Balaban J connectivity index is 2.30. The lowest BCUT2D eigenvalue weighted by atomic mass is 10.1. The van der Waals surface area contributed by atoms with Gasteiger partial charge in [0.25, 0.3) is 0 Å². The monoisotopic (exact) mass is 263 g/mol. The number of hydrogen-bond donors (Lipinski definition) is 0. The Morgan fingerprint density at radius 2 is 2.21 bits per heavy atom. The summed E-state index contributed by atoms with van der Waals surface area (Å²) < 4.78 is 10.5. The molecule has 0 N–H and O–H groups in total. The highest BCUT2D eigenvalue weighted by Gasteiger charge is 2.20. The lowest BCUT2D eigenvalue weighted by Crippen LogP contribution is -2.19. The van der Waals surface area contributed by atoms with Gasteiger partial charge in [0.1, 0.15) is 12.4 Å². The Hall–Kier alpha value is -2.04. The highest BCUT2D eigenvalue weighted by molar-refractivity contribution is 6.43. The maximum Gasteiger partial charge on any atom is 0.361 e. The molecule has 102 valence electrons. The summed E-state index contributed by atoms with van der Waals surface area (Å²) in [6.07, 6.45) is 0.896. The predicted molar refractivity (Wildman–Crippen MR) is 70.4 cm³/mol. The summed E-state index contributed by atoms with van der Waals surface area (Å²) in [5, 5.41) is 3.84. The summed E-state index contributed by atoms with van der Waals surface area (Å²) >= 11 is 0. The maximum absolute atomic E-state index is 11.9. The minimum atomic E-state index is -0.492. The molecule has 5 nitrogen and oxygen atoms in total. The van der Waals surface area contributed by atoms with Gasteiger partial charge in [0, 0.05) is 12.0 Å². The van der Waals surface area contributed by atoms with Crippen LogP contribution in [0.5, 0.6) is 5.75 Å². The number of hydrogen-bond acceptors (Lipinski definition) is 5. The minimum absolute atomic E-state index is 0.169. The summed E-state index contributed by atoms with van der Waals surface area (Å²) in [5.74, 6) is 0.305. The SMILES string of the molecule is CCON=C(C(=O)OCC)c1ccc2c(c1)OCC2. The van der Waals surface area contributed by atoms with Crippen LogP contribution in [0.4, 0.5) is 0 Å². The van der Waals surface area contributed by atoms with Crippen molar-refractivity contribution >= 4 is 11.7 Å². The first-order valence-electron chi connectivity index (χ1n) is 6.39. The van der Waals surface area contributed by atoms with E-state index in [4.69, 9.17) is 14.3 Å². The number of benzene rings is 1.